The van der Waals surface area contributed by atoms with Crippen LogP contribution in [0.15, 0.2) is 18.2 Å². The van der Waals surface area contributed by atoms with Crippen LogP contribution in [0.5, 0.6) is 5.75 Å². The topological polar surface area (TPSA) is 86.0 Å². The van der Waals surface area contributed by atoms with E-state index in [1.807, 2.05) is 32.9 Å². The second-order valence-electron chi connectivity index (χ2n) is 4.91. The van der Waals surface area contributed by atoms with Gasteiger partial charge in [0.25, 0.3) is 0 Å². The third kappa shape index (κ3) is 4.46. The number of anilines is 2. The molecule has 0 aliphatic rings. The Morgan fingerprint density at radius 3 is 2.76 bits per heavy atom. The minimum atomic E-state index is -0.0113. The number of hydrogen-bond acceptors (Lipinski definition) is 6. The van der Waals surface area contributed by atoms with Crippen LogP contribution in [0.3, 0.4) is 0 Å². The highest BCUT2D eigenvalue weighted by Crippen LogP contribution is 2.19. The molecule has 1 atom stereocenters. The molecular formula is C14H18ClN5O. The fourth-order valence-corrected chi connectivity index (χ4v) is 1.94. The van der Waals surface area contributed by atoms with Crippen molar-refractivity contribution in [1.29, 1.82) is 0 Å². The van der Waals surface area contributed by atoms with Gasteiger partial charge in [0.2, 0.25) is 17.2 Å². The summed E-state index contributed by atoms with van der Waals surface area (Å²) in [4.78, 5) is 11.6. The summed E-state index contributed by atoms with van der Waals surface area (Å²) in [6.07, 6.45) is 0. The van der Waals surface area contributed by atoms with E-state index in [4.69, 9.17) is 22.1 Å². The Morgan fingerprint density at radius 1 is 1.29 bits per heavy atom. The molecule has 0 spiro atoms. The van der Waals surface area contributed by atoms with Gasteiger partial charge in [0.15, 0.2) is 0 Å². The van der Waals surface area contributed by atoms with Gasteiger partial charge in [-0.15, -0.1) is 0 Å². The Morgan fingerprint density at radius 2 is 2.05 bits per heavy atom. The highest BCUT2D eigenvalue weighted by molar-refractivity contribution is 6.28. The molecule has 0 aliphatic carbocycles. The van der Waals surface area contributed by atoms with Crippen LogP contribution in [0.25, 0.3) is 0 Å². The zero-order valence-corrected chi connectivity index (χ0v) is 13.0. The van der Waals surface area contributed by atoms with Crippen molar-refractivity contribution in [2.45, 2.75) is 26.8 Å². The number of hydrogen-bond donors (Lipinski definition) is 2. The number of aromatic nitrogens is 3. The van der Waals surface area contributed by atoms with Crippen LogP contribution in [-0.2, 0) is 0 Å². The molecule has 0 saturated carbocycles. The molecule has 0 aliphatic heterocycles. The number of nitrogen functional groups attached to an aromatic ring is 1. The van der Waals surface area contributed by atoms with Crippen molar-refractivity contribution in [3.63, 3.8) is 0 Å². The molecule has 6 nitrogen and oxygen atoms in total. The van der Waals surface area contributed by atoms with Gasteiger partial charge < -0.3 is 15.8 Å². The molecule has 2 rings (SSSR count). The molecule has 2 aromatic rings. The van der Waals surface area contributed by atoms with E-state index in [1.165, 1.54) is 0 Å². The first-order valence-electron chi connectivity index (χ1n) is 6.57. The van der Waals surface area contributed by atoms with E-state index in [0.29, 0.717) is 12.6 Å². The number of nitrogens with two attached hydrogens (primary N) is 1. The third-order valence-corrected chi connectivity index (χ3v) is 3.00. The maximum atomic E-state index is 5.81. The molecule has 0 bridgehead atoms. The number of benzene rings is 1. The standard InChI is InChI=1S/C14H18ClN5O/c1-8-4-5-9(2)11(6-8)21-7-10(3)17-14-19-12(15)18-13(16)20-14/h4-6,10H,7H2,1-3H3,(H3,16,17,18,19,20). The van der Waals surface area contributed by atoms with Crippen molar-refractivity contribution in [3.8, 4) is 5.75 Å². The zero-order chi connectivity index (χ0) is 15.4. The molecule has 3 N–H and O–H groups in total. The van der Waals surface area contributed by atoms with Crippen molar-refractivity contribution in [2.75, 3.05) is 17.7 Å². The number of halogens is 1. The van der Waals surface area contributed by atoms with Crippen molar-refractivity contribution in [2.24, 2.45) is 0 Å². The van der Waals surface area contributed by atoms with Gasteiger partial charge in [-0.1, -0.05) is 12.1 Å². The molecule has 1 aromatic heterocycles. The molecule has 112 valence electrons. The van der Waals surface area contributed by atoms with Gasteiger partial charge in [0.05, 0.1) is 6.04 Å². The molecule has 0 amide bonds. The van der Waals surface area contributed by atoms with E-state index in [2.05, 4.69) is 26.3 Å². The highest BCUT2D eigenvalue weighted by atomic mass is 35.5. The molecular weight excluding hydrogens is 290 g/mol. The van der Waals surface area contributed by atoms with E-state index in [0.717, 1.165) is 16.9 Å². The molecule has 7 heteroatoms. The zero-order valence-electron chi connectivity index (χ0n) is 12.2. The second kappa shape index (κ2) is 6.58. The van der Waals surface area contributed by atoms with Crippen LogP contribution in [0, 0.1) is 13.8 Å². The fraction of sp³-hybridized carbons (Fsp3) is 0.357. The van der Waals surface area contributed by atoms with E-state index in [1.54, 1.807) is 0 Å². The normalized spacial score (nSPS) is 12.0. The van der Waals surface area contributed by atoms with Gasteiger partial charge in [-0.2, -0.15) is 15.0 Å². The number of aryl methyl sites for hydroxylation is 2. The maximum absolute atomic E-state index is 5.81. The smallest absolute Gasteiger partial charge is 0.229 e. The van der Waals surface area contributed by atoms with E-state index >= 15 is 0 Å². The lowest BCUT2D eigenvalue weighted by Gasteiger charge is -2.16. The van der Waals surface area contributed by atoms with Crippen molar-refractivity contribution >= 4 is 23.5 Å². The summed E-state index contributed by atoms with van der Waals surface area (Å²) in [5, 5.41) is 3.14. The van der Waals surface area contributed by atoms with Crippen LogP contribution < -0.4 is 15.8 Å². The lowest BCUT2D eigenvalue weighted by molar-refractivity contribution is 0.301. The van der Waals surface area contributed by atoms with Crippen LogP contribution in [0.2, 0.25) is 5.28 Å². The predicted octanol–water partition coefficient (Wildman–Crippen LogP) is 2.60. The molecule has 21 heavy (non-hydrogen) atoms. The second-order valence-corrected chi connectivity index (χ2v) is 5.25. The SMILES string of the molecule is Cc1ccc(C)c(OCC(C)Nc2nc(N)nc(Cl)n2)c1. The highest BCUT2D eigenvalue weighted by Gasteiger charge is 2.08. The quantitative estimate of drug-likeness (QED) is 0.883. The molecule has 0 radical (unpaired) electrons. The molecule has 0 fully saturated rings. The average Bonchev–Trinajstić information content (AvgIpc) is 2.38. The van der Waals surface area contributed by atoms with Crippen LogP contribution in [0.4, 0.5) is 11.9 Å². The van der Waals surface area contributed by atoms with E-state index < -0.39 is 0 Å². The van der Waals surface area contributed by atoms with Gasteiger partial charge in [-0.3, -0.25) is 0 Å². The number of nitrogens with one attached hydrogen (secondary N) is 1. The Hall–Kier alpha value is -2.08. The van der Waals surface area contributed by atoms with Crippen molar-refractivity contribution in [3.05, 3.63) is 34.6 Å². The van der Waals surface area contributed by atoms with Crippen molar-refractivity contribution in [1.82, 2.24) is 15.0 Å². The monoisotopic (exact) mass is 307 g/mol. The van der Waals surface area contributed by atoms with Crippen molar-refractivity contribution < 1.29 is 4.74 Å². The van der Waals surface area contributed by atoms with Gasteiger partial charge in [-0.05, 0) is 49.6 Å². The minimum absolute atomic E-state index is 0.0113. The summed E-state index contributed by atoms with van der Waals surface area (Å²) in [5.41, 5.74) is 7.78. The average molecular weight is 308 g/mol. The summed E-state index contributed by atoms with van der Waals surface area (Å²) in [5.74, 6) is 1.29. The largest absolute Gasteiger partial charge is 0.491 e. The van der Waals surface area contributed by atoms with Gasteiger partial charge in [0.1, 0.15) is 12.4 Å². The predicted molar refractivity (Wildman–Crippen MR) is 83.7 cm³/mol. The Labute approximate surface area is 128 Å². The number of nitrogens with zero attached hydrogens (tertiary/aromatic N) is 3. The molecule has 1 heterocycles. The van der Waals surface area contributed by atoms with E-state index in [-0.39, 0.29) is 17.3 Å². The van der Waals surface area contributed by atoms with Crippen LogP contribution >= 0.6 is 11.6 Å². The van der Waals surface area contributed by atoms with Gasteiger partial charge in [-0.25, -0.2) is 0 Å². The number of ether oxygens (including phenoxy) is 1. The summed E-state index contributed by atoms with van der Waals surface area (Å²) in [6.45, 7) is 6.47. The first kappa shape index (κ1) is 15.3. The first-order valence-corrected chi connectivity index (χ1v) is 6.95. The molecule has 1 aromatic carbocycles. The summed E-state index contributed by atoms with van der Waals surface area (Å²) in [7, 11) is 0. The summed E-state index contributed by atoms with van der Waals surface area (Å²) < 4.78 is 5.81. The first-order chi connectivity index (χ1) is 9.94. The van der Waals surface area contributed by atoms with Gasteiger partial charge in [0, 0.05) is 0 Å². The third-order valence-electron chi connectivity index (χ3n) is 2.83. The molecule has 0 saturated heterocycles. The van der Waals surface area contributed by atoms with Crippen LogP contribution in [0.1, 0.15) is 18.1 Å². The Kier molecular flexibility index (Phi) is 4.80. The maximum Gasteiger partial charge on any atom is 0.229 e. The van der Waals surface area contributed by atoms with Crippen LogP contribution in [-0.4, -0.2) is 27.6 Å². The minimum Gasteiger partial charge on any atom is -0.491 e. The Balaban J connectivity index is 1.95. The van der Waals surface area contributed by atoms with Gasteiger partial charge >= 0.3 is 0 Å². The van der Waals surface area contributed by atoms with E-state index in [9.17, 15) is 0 Å². The Bertz CT molecular complexity index is 615. The molecule has 1 unspecified atom stereocenters. The summed E-state index contributed by atoms with van der Waals surface area (Å²) in [6, 6.07) is 6.09. The summed E-state index contributed by atoms with van der Waals surface area (Å²) >= 11 is 5.73. The lowest BCUT2D eigenvalue weighted by Crippen LogP contribution is -2.25. The fourth-order valence-electron chi connectivity index (χ4n) is 1.77. The number of rotatable bonds is 5. The lowest BCUT2D eigenvalue weighted by atomic mass is 10.1.